The van der Waals surface area contributed by atoms with Crippen molar-refractivity contribution in [1.82, 2.24) is 0 Å². The van der Waals surface area contributed by atoms with Crippen molar-refractivity contribution in [3.05, 3.63) is 23.8 Å². The average Bonchev–Trinajstić information content (AvgIpc) is 3.03. The highest BCUT2D eigenvalue weighted by Gasteiger charge is 2.59. The number of hydrogen-bond donors (Lipinski definition) is 0. The fraction of sp³-hybridized carbons (Fsp3) is 0.821. The molecule has 0 spiro atoms. The lowest BCUT2D eigenvalue weighted by Crippen LogP contribution is -2.50. The Morgan fingerprint density at radius 3 is 2.41 bits per heavy atom. The largest absolute Gasteiger partial charge is 0.295 e. The summed E-state index contributed by atoms with van der Waals surface area (Å²) < 4.78 is 0. The lowest BCUT2D eigenvalue weighted by Gasteiger charge is -2.58. The minimum absolute atomic E-state index is 0.314. The van der Waals surface area contributed by atoms with Gasteiger partial charge in [0.25, 0.3) is 0 Å². The molecule has 0 saturated heterocycles. The monoisotopic (exact) mass is 396 g/mol. The molecule has 1 heteroatoms. The quantitative estimate of drug-likeness (QED) is 0.447. The topological polar surface area (TPSA) is 17.1 Å². The molecule has 1 nitrogen and oxygen atoms in total. The summed E-state index contributed by atoms with van der Waals surface area (Å²) in [4.78, 5) is 12.0. The van der Waals surface area contributed by atoms with Gasteiger partial charge in [0.2, 0.25) is 0 Å². The Morgan fingerprint density at radius 2 is 1.69 bits per heavy atom. The molecule has 0 radical (unpaired) electrons. The van der Waals surface area contributed by atoms with Crippen LogP contribution in [0.4, 0.5) is 0 Å². The first-order valence-electron chi connectivity index (χ1n) is 12.6. The maximum Gasteiger partial charge on any atom is 0.155 e. The molecule has 4 aliphatic carbocycles. The van der Waals surface area contributed by atoms with Crippen molar-refractivity contribution < 1.29 is 4.79 Å². The number of hydrogen-bond acceptors (Lipinski definition) is 1. The standard InChI is InChI=1S/C28H44O/c1-18(2)19(3)7-8-20(4)24-11-12-25-23-10-9-21-17-22(29)13-15-27(21,5)26(23)14-16-28(24,25)6/h7-8,17-20,23-26H,9-16H2,1-6H3/b8-7+/t19-,20+,23-,24+,25-,26-,27-,28+/m0/s1. The molecular formula is C28H44O. The summed E-state index contributed by atoms with van der Waals surface area (Å²) in [5.41, 5.74) is 2.34. The van der Waals surface area contributed by atoms with Crippen LogP contribution in [0, 0.1) is 52.3 Å². The van der Waals surface area contributed by atoms with E-state index in [0.717, 1.165) is 42.4 Å². The third-order valence-corrected chi connectivity index (χ3v) is 10.4. The second-order valence-electron chi connectivity index (χ2n) is 12.0. The van der Waals surface area contributed by atoms with Gasteiger partial charge < -0.3 is 0 Å². The third kappa shape index (κ3) is 3.49. The molecule has 0 aromatic rings. The van der Waals surface area contributed by atoms with Gasteiger partial charge in [-0.05, 0) is 103 Å². The number of carbonyl (C=O) groups excluding carboxylic acids is 1. The molecule has 0 heterocycles. The molecule has 3 fully saturated rings. The summed E-state index contributed by atoms with van der Waals surface area (Å²) >= 11 is 0. The molecular weight excluding hydrogens is 352 g/mol. The number of carbonyl (C=O) groups is 1. The highest BCUT2D eigenvalue weighted by Crippen LogP contribution is 2.67. The highest BCUT2D eigenvalue weighted by molar-refractivity contribution is 5.91. The van der Waals surface area contributed by atoms with Crippen LogP contribution < -0.4 is 0 Å². The molecule has 29 heavy (non-hydrogen) atoms. The van der Waals surface area contributed by atoms with Gasteiger partial charge in [-0.1, -0.05) is 59.3 Å². The van der Waals surface area contributed by atoms with Gasteiger partial charge in [0, 0.05) is 6.42 Å². The molecule has 4 rings (SSSR count). The van der Waals surface area contributed by atoms with Crippen molar-refractivity contribution in [2.24, 2.45) is 52.3 Å². The molecule has 0 aromatic carbocycles. The van der Waals surface area contributed by atoms with E-state index < -0.39 is 0 Å². The van der Waals surface area contributed by atoms with Crippen molar-refractivity contribution in [2.75, 3.05) is 0 Å². The minimum Gasteiger partial charge on any atom is -0.295 e. The Labute approximate surface area is 179 Å². The molecule has 4 aliphatic rings. The molecule has 3 saturated carbocycles. The molecule has 8 atom stereocenters. The van der Waals surface area contributed by atoms with E-state index >= 15 is 0 Å². The maximum atomic E-state index is 12.0. The Hall–Kier alpha value is -0.850. The van der Waals surface area contributed by atoms with Gasteiger partial charge in [0.05, 0.1) is 0 Å². The SMILES string of the molecule is CC(C)[C@@H](C)/C=C/[C@@H](C)[C@H]1CC[C@H]2[C@@H]3CCC4=CC(=O)CC[C@]4(C)[C@H]3CC[C@]12C. The van der Waals surface area contributed by atoms with Crippen LogP contribution in [0.25, 0.3) is 0 Å². The zero-order valence-corrected chi connectivity index (χ0v) is 19.8. The summed E-state index contributed by atoms with van der Waals surface area (Å²) in [5, 5.41) is 0. The van der Waals surface area contributed by atoms with Crippen molar-refractivity contribution in [2.45, 2.75) is 92.9 Å². The summed E-state index contributed by atoms with van der Waals surface area (Å²) in [6.45, 7) is 14.7. The normalized spacial score (nSPS) is 44.2. The smallest absolute Gasteiger partial charge is 0.155 e. The number of allylic oxidation sites excluding steroid dienone is 3. The number of fused-ring (bicyclic) bond motifs is 5. The van der Waals surface area contributed by atoms with E-state index in [9.17, 15) is 4.79 Å². The van der Waals surface area contributed by atoms with E-state index in [0.29, 0.717) is 28.4 Å². The van der Waals surface area contributed by atoms with Gasteiger partial charge in [0.1, 0.15) is 0 Å². The zero-order chi connectivity index (χ0) is 21.0. The highest BCUT2D eigenvalue weighted by atomic mass is 16.1. The van der Waals surface area contributed by atoms with Gasteiger partial charge in [-0.15, -0.1) is 0 Å². The summed E-state index contributed by atoms with van der Waals surface area (Å²) in [7, 11) is 0. The Balaban J connectivity index is 1.53. The molecule has 0 aromatic heterocycles. The Bertz CT molecular complexity index is 699. The van der Waals surface area contributed by atoms with Crippen LogP contribution >= 0.6 is 0 Å². The molecule has 0 bridgehead atoms. The van der Waals surface area contributed by atoms with E-state index in [4.69, 9.17) is 0 Å². The fourth-order valence-electron chi connectivity index (χ4n) is 8.17. The van der Waals surface area contributed by atoms with Gasteiger partial charge in [-0.25, -0.2) is 0 Å². The Morgan fingerprint density at radius 1 is 0.931 bits per heavy atom. The van der Waals surface area contributed by atoms with Gasteiger partial charge in [0.15, 0.2) is 5.78 Å². The van der Waals surface area contributed by atoms with E-state index in [1.165, 1.54) is 44.1 Å². The molecule has 162 valence electrons. The van der Waals surface area contributed by atoms with Crippen LogP contribution in [-0.4, -0.2) is 5.78 Å². The molecule has 0 unspecified atom stereocenters. The molecule has 0 amide bonds. The van der Waals surface area contributed by atoms with Gasteiger partial charge in [-0.3, -0.25) is 4.79 Å². The van der Waals surface area contributed by atoms with Gasteiger partial charge in [-0.2, -0.15) is 0 Å². The van der Waals surface area contributed by atoms with Gasteiger partial charge >= 0.3 is 0 Å². The number of ketones is 1. The predicted molar refractivity (Wildman–Crippen MR) is 123 cm³/mol. The maximum absolute atomic E-state index is 12.0. The van der Waals surface area contributed by atoms with E-state index in [2.05, 4.69) is 53.7 Å². The van der Waals surface area contributed by atoms with Crippen molar-refractivity contribution in [3.8, 4) is 0 Å². The Kier molecular flexibility index (Phi) is 5.67. The van der Waals surface area contributed by atoms with E-state index in [-0.39, 0.29) is 0 Å². The number of rotatable bonds is 4. The predicted octanol–water partition coefficient (Wildman–Crippen LogP) is 7.62. The first-order chi connectivity index (χ1) is 13.7. The summed E-state index contributed by atoms with van der Waals surface area (Å²) in [6, 6.07) is 0. The first-order valence-corrected chi connectivity index (χ1v) is 12.6. The van der Waals surface area contributed by atoms with Crippen molar-refractivity contribution in [1.29, 1.82) is 0 Å². The second-order valence-corrected chi connectivity index (χ2v) is 12.0. The minimum atomic E-state index is 0.314. The second kappa shape index (κ2) is 7.69. The van der Waals surface area contributed by atoms with E-state index in [1.54, 1.807) is 0 Å². The summed E-state index contributed by atoms with van der Waals surface area (Å²) in [5.74, 6) is 5.95. The molecule has 0 aliphatic heterocycles. The van der Waals surface area contributed by atoms with Crippen molar-refractivity contribution >= 4 is 5.78 Å². The lowest BCUT2D eigenvalue weighted by molar-refractivity contribution is -0.117. The fourth-order valence-corrected chi connectivity index (χ4v) is 8.17. The van der Waals surface area contributed by atoms with Crippen LogP contribution in [0.1, 0.15) is 92.9 Å². The average molecular weight is 397 g/mol. The first kappa shape index (κ1) is 21.4. The zero-order valence-electron chi connectivity index (χ0n) is 19.8. The van der Waals surface area contributed by atoms with Crippen molar-refractivity contribution in [3.63, 3.8) is 0 Å². The van der Waals surface area contributed by atoms with Crippen LogP contribution in [0.2, 0.25) is 0 Å². The third-order valence-electron chi connectivity index (χ3n) is 10.4. The van der Waals surface area contributed by atoms with E-state index in [1.807, 2.05) is 6.08 Å². The van der Waals surface area contributed by atoms with Crippen LogP contribution in [0.3, 0.4) is 0 Å². The van der Waals surface area contributed by atoms with Crippen LogP contribution in [0.5, 0.6) is 0 Å². The van der Waals surface area contributed by atoms with Crippen LogP contribution in [-0.2, 0) is 4.79 Å². The summed E-state index contributed by atoms with van der Waals surface area (Å²) in [6.07, 6.45) is 17.2. The van der Waals surface area contributed by atoms with Crippen LogP contribution in [0.15, 0.2) is 23.8 Å². The molecule has 0 N–H and O–H groups in total. The lowest BCUT2D eigenvalue weighted by atomic mass is 9.46.